The summed E-state index contributed by atoms with van der Waals surface area (Å²) in [5.74, 6) is 0.988. The van der Waals surface area contributed by atoms with Gasteiger partial charge in [0, 0.05) is 38.1 Å². The average Bonchev–Trinajstić information content (AvgIpc) is 3.17. The predicted octanol–water partition coefficient (Wildman–Crippen LogP) is 2.92. The first-order valence-corrected chi connectivity index (χ1v) is 7.82. The Labute approximate surface area is 134 Å². The van der Waals surface area contributed by atoms with Crippen molar-refractivity contribution < 1.29 is 4.79 Å². The Morgan fingerprint density at radius 3 is 2.82 bits per heavy atom. The van der Waals surface area contributed by atoms with Crippen molar-refractivity contribution in [2.45, 2.75) is 19.4 Å². The summed E-state index contributed by atoms with van der Waals surface area (Å²) < 4.78 is 1.94. The number of hydrogen-bond donors (Lipinski definition) is 1. The number of nitrogens with one attached hydrogen (secondary N) is 1. The highest BCUT2D eigenvalue weighted by atomic mass is 35.5. The van der Waals surface area contributed by atoms with Crippen LogP contribution in [0.1, 0.15) is 29.0 Å². The van der Waals surface area contributed by atoms with Gasteiger partial charge in [-0.25, -0.2) is 4.98 Å². The van der Waals surface area contributed by atoms with E-state index < -0.39 is 0 Å². The number of nitrogens with zero attached hydrogens (tertiary/aromatic N) is 3. The Balaban J connectivity index is 1.74. The van der Waals surface area contributed by atoms with Gasteiger partial charge in [0.25, 0.3) is 5.91 Å². The van der Waals surface area contributed by atoms with E-state index in [-0.39, 0.29) is 5.91 Å². The predicted molar refractivity (Wildman–Crippen MR) is 87.1 cm³/mol. The fourth-order valence-electron chi connectivity index (χ4n) is 2.64. The molecular formula is C16H19ClN4O. The third-order valence-corrected chi connectivity index (χ3v) is 4.29. The van der Waals surface area contributed by atoms with Gasteiger partial charge >= 0.3 is 0 Å². The van der Waals surface area contributed by atoms with Crippen molar-refractivity contribution in [2.24, 2.45) is 7.05 Å². The first-order chi connectivity index (χ1) is 10.6. The molecule has 0 unspecified atom stereocenters. The van der Waals surface area contributed by atoms with Crippen LogP contribution < -0.4 is 5.32 Å². The van der Waals surface area contributed by atoms with Gasteiger partial charge in [-0.2, -0.15) is 0 Å². The molecule has 2 heterocycles. The van der Waals surface area contributed by atoms with E-state index in [0.29, 0.717) is 17.1 Å². The van der Waals surface area contributed by atoms with Crippen molar-refractivity contribution in [1.82, 2.24) is 14.5 Å². The van der Waals surface area contributed by atoms with Crippen LogP contribution in [0.25, 0.3) is 0 Å². The quantitative estimate of drug-likeness (QED) is 0.943. The van der Waals surface area contributed by atoms with Crippen molar-refractivity contribution in [2.75, 3.05) is 18.4 Å². The topological polar surface area (TPSA) is 50.2 Å². The van der Waals surface area contributed by atoms with Gasteiger partial charge in [-0.05, 0) is 31.0 Å². The van der Waals surface area contributed by atoms with Gasteiger partial charge in [0.1, 0.15) is 5.82 Å². The lowest BCUT2D eigenvalue weighted by Crippen LogP contribution is -2.27. The van der Waals surface area contributed by atoms with E-state index in [0.717, 1.165) is 37.4 Å². The minimum atomic E-state index is 0.0780. The summed E-state index contributed by atoms with van der Waals surface area (Å²) in [6.07, 6.45) is 5.82. The van der Waals surface area contributed by atoms with Crippen molar-refractivity contribution in [1.29, 1.82) is 0 Å². The molecule has 1 fully saturated rings. The lowest BCUT2D eigenvalue weighted by Gasteiger charge is -2.16. The average molecular weight is 319 g/mol. The van der Waals surface area contributed by atoms with Gasteiger partial charge in [0.2, 0.25) is 0 Å². The molecule has 0 atom stereocenters. The van der Waals surface area contributed by atoms with Crippen LogP contribution in [0.5, 0.6) is 0 Å². The molecule has 1 N–H and O–H groups in total. The Hall–Kier alpha value is -2.01. The molecule has 2 aromatic rings. The minimum absolute atomic E-state index is 0.0780. The molecule has 1 aliphatic heterocycles. The summed E-state index contributed by atoms with van der Waals surface area (Å²) in [6, 6.07) is 5.38. The molecule has 1 saturated heterocycles. The highest BCUT2D eigenvalue weighted by Crippen LogP contribution is 2.25. The van der Waals surface area contributed by atoms with Crippen molar-refractivity contribution in [3.63, 3.8) is 0 Å². The van der Waals surface area contributed by atoms with Crippen molar-refractivity contribution in [3.05, 3.63) is 47.0 Å². The monoisotopic (exact) mass is 318 g/mol. The van der Waals surface area contributed by atoms with E-state index in [1.807, 2.05) is 28.8 Å². The van der Waals surface area contributed by atoms with Gasteiger partial charge in [-0.3, -0.25) is 4.79 Å². The maximum Gasteiger partial charge on any atom is 0.253 e. The number of aromatic nitrogens is 2. The van der Waals surface area contributed by atoms with E-state index in [4.69, 9.17) is 11.6 Å². The first-order valence-electron chi connectivity index (χ1n) is 7.44. The summed E-state index contributed by atoms with van der Waals surface area (Å²) in [7, 11) is 1.94. The van der Waals surface area contributed by atoms with Gasteiger partial charge in [-0.15, -0.1) is 0 Å². The zero-order valence-corrected chi connectivity index (χ0v) is 13.3. The van der Waals surface area contributed by atoms with Gasteiger partial charge in [0.15, 0.2) is 0 Å². The van der Waals surface area contributed by atoms with E-state index >= 15 is 0 Å². The number of aryl methyl sites for hydroxylation is 1. The van der Waals surface area contributed by atoms with E-state index in [9.17, 15) is 4.79 Å². The van der Waals surface area contributed by atoms with E-state index in [1.165, 1.54) is 0 Å². The second-order valence-corrected chi connectivity index (χ2v) is 5.91. The third-order valence-electron chi connectivity index (χ3n) is 3.96. The lowest BCUT2D eigenvalue weighted by atomic mass is 10.1. The summed E-state index contributed by atoms with van der Waals surface area (Å²) in [5.41, 5.74) is 1.43. The molecule has 3 rings (SSSR count). The maximum absolute atomic E-state index is 12.4. The van der Waals surface area contributed by atoms with Crippen LogP contribution in [0.4, 0.5) is 5.69 Å². The molecule has 6 heteroatoms. The molecule has 0 spiro atoms. The van der Waals surface area contributed by atoms with Crippen LogP contribution in [-0.2, 0) is 13.6 Å². The van der Waals surface area contributed by atoms with E-state index in [2.05, 4.69) is 10.3 Å². The Morgan fingerprint density at radius 2 is 2.14 bits per heavy atom. The fourth-order valence-corrected chi connectivity index (χ4v) is 2.82. The molecule has 1 amide bonds. The standard InChI is InChI=1S/C16H19ClN4O/c1-20-9-6-18-15(20)11-19-14-10-12(4-5-13(14)17)16(22)21-7-2-3-8-21/h4-6,9-10,19H,2-3,7-8,11H2,1H3. The number of amides is 1. The highest BCUT2D eigenvalue weighted by molar-refractivity contribution is 6.33. The zero-order valence-electron chi connectivity index (χ0n) is 12.6. The minimum Gasteiger partial charge on any atom is -0.377 e. The fraction of sp³-hybridized carbons (Fsp3) is 0.375. The molecule has 5 nitrogen and oxygen atoms in total. The largest absolute Gasteiger partial charge is 0.377 e. The molecule has 0 aliphatic carbocycles. The summed E-state index contributed by atoms with van der Waals surface area (Å²) in [5, 5.41) is 3.86. The molecule has 0 radical (unpaired) electrons. The summed E-state index contributed by atoms with van der Waals surface area (Å²) >= 11 is 6.23. The normalized spacial score (nSPS) is 14.4. The number of benzene rings is 1. The third kappa shape index (κ3) is 3.09. The molecule has 0 bridgehead atoms. The number of rotatable bonds is 4. The van der Waals surface area contributed by atoms with Crippen LogP contribution in [0.15, 0.2) is 30.6 Å². The second kappa shape index (κ2) is 6.40. The number of anilines is 1. The van der Waals surface area contributed by atoms with Crippen molar-refractivity contribution >= 4 is 23.2 Å². The zero-order chi connectivity index (χ0) is 15.5. The number of hydrogen-bond acceptors (Lipinski definition) is 3. The molecular weight excluding hydrogens is 300 g/mol. The second-order valence-electron chi connectivity index (χ2n) is 5.50. The molecule has 0 saturated carbocycles. The van der Waals surface area contributed by atoms with Crippen LogP contribution in [-0.4, -0.2) is 33.4 Å². The number of carbonyl (C=O) groups excluding carboxylic acids is 1. The molecule has 116 valence electrons. The number of imidazole rings is 1. The van der Waals surface area contributed by atoms with Gasteiger partial charge in [-0.1, -0.05) is 11.6 Å². The molecule has 22 heavy (non-hydrogen) atoms. The molecule has 1 aliphatic rings. The Morgan fingerprint density at radius 1 is 1.36 bits per heavy atom. The highest BCUT2D eigenvalue weighted by Gasteiger charge is 2.20. The van der Waals surface area contributed by atoms with Crippen molar-refractivity contribution in [3.8, 4) is 0 Å². The smallest absolute Gasteiger partial charge is 0.253 e. The lowest BCUT2D eigenvalue weighted by molar-refractivity contribution is 0.0793. The molecule has 1 aromatic heterocycles. The van der Waals surface area contributed by atoms with Crippen LogP contribution in [0, 0.1) is 0 Å². The Kier molecular flexibility index (Phi) is 4.34. The van der Waals surface area contributed by atoms with Crippen LogP contribution in [0.2, 0.25) is 5.02 Å². The summed E-state index contributed by atoms with van der Waals surface area (Å²) in [4.78, 5) is 18.6. The Bertz CT molecular complexity index is 677. The maximum atomic E-state index is 12.4. The summed E-state index contributed by atoms with van der Waals surface area (Å²) in [6.45, 7) is 2.25. The first kappa shape index (κ1) is 14.9. The van der Waals surface area contributed by atoms with E-state index in [1.54, 1.807) is 18.3 Å². The van der Waals surface area contributed by atoms with Crippen LogP contribution >= 0.6 is 11.6 Å². The molecule has 1 aromatic carbocycles. The SMILES string of the molecule is Cn1ccnc1CNc1cc(C(=O)N2CCCC2)ccc1Cl. The number of likely N-dealkylation sites (tertiary alicyclic amines) is 1. The number of halogens is 1. The van der Waals surface area contributed by atoms with Gasteiger partial charge < -0.3 is 14.8 Å². The van der Waals surface area contributed by atoms with Gasteiger partial charge in [0.05, 0.1) is 17.3 Å². The number of carbonyl (C=O) groups is 1. The van der Waals surface area contributed by atoms with Crippen LogP contribution in [0.3, 0.4) is 0 Å².